The van der Waals surface area contributed by atoms with Crippen molar-refractivity contribution in [2.45, 2.75) is 19.9 Å². The van der Waals surface area contributed by atoms with Crippen LogP contribution in [0.1, 0.15) is 25.5 Å². The van der Waals surface area contributed by atoms with Crippen molar-refractivity contribution in [2.75, 3.05) is 5.32 Å². The van der Waals surface area contributed by atoms with Crippen LogP contribution in [0.4, 0.5) is 10.2 Å². The van der Waals surface area contributed by atoms with Gasteiger partial charge in [0.1, 0.15) is 17.5 Å². The molecule has 0 aliphatic carbocycles. The number of aromatic amines is 1. The van der Waals surface area contributed by atoms with Gasteiger partial charge in [-0.15, -0.1) is 10.2 Å². The summed E-state index contributed by atoms with van der Waals surface area (Å²) in [6, 6.07) is 2.99. The minimum Gasteiger partial charge on any atom is -0.310 e. The van der Waals surface area contributed by atoms with Crippen molar-refractivity contribution in [3.05, 3.63) is 53.5 Å². The molecule has 0 saturated carbocycles. The first-order valence-corrected chi connectivity index (χ1v) is 9.65. The Morgan fingerprint density at radius 3 is 2.90 bits per heavy atom. The highest BCUT2D eigenvalue weighted by Crippen LogP contribution is 2.41. The molecule has 0 aliphatic heterocycles. The van der Waals surface area contributed by atoms with Gasteiger partial charge in [-0.05, 0) is 24.3 Å². The predicted octanol–water partition coefficient (Wildman–Crippen LogP) is 3.22. The van der Waals surface area contributed by atoms with E-state index in [-0.39, 0.29) is 16.5 Å². The normalized spacial score (nSPS) is 12.5. The fourth-order valence-electron chi connectivity index (χ4n) is 3.66. The summed E-state index contributed by atoms with van der Waals surface area (Å²) in [7, 11) is 0. The maximum absolute atomic E-state index is 15.5. The molecular weight excluding hydrogens is 425 g/mol. The molecule has 31 heavy (non-hydrogen) atoms. The largest absolute Gasteiger partial charge is 0.310 e. The molecule has 0 spiro atoms. The third-order valence-electron chi connectivity index (χ3n) is 5.00. The van der Waals surface area contributed by atoms with E-state index >= 15 is 4.39 Å². The fourth-order valence-corrected chi connectivity index (χ4v) is 3.97. The monoisotopic (exact) mass is 439 g/mol. The van der Waals surface area contributed by atoms with Crippen LogP contribution in [0.3, 0.4) is 0 Å². The van der Waals surface area contributed by atoms with E-state index in [1.54, 1.807) is 42.0 Å². The summed E-state index contributed by atoms with van der Waals surface area (Å²) in [4.78, 5) is 16.9. The van der Waals surface area contributed by atoms with Crippen molar-refractivity contribution < 1.29 is 9.18 Å². The number of nitrogens with one attached hydrogen (secondary N) is 2. The van der Waals surface area contributed by atoms with Crippen LogP contribution in [0.2, 0.25) is 5.02 Å². The highest BCUT2D eigenvalue weighted by atomic mass is 35.5. The van der Waals surface area contributed by atoms with Crippen LogP contribution >= 0.6 is 11.6 Å². The SMILES string of the molecule is CC(=O)Nc1cn2cc(-c3c(Cl)c(F)c(C(C)n4ncnn4)c4[nH]ncc34)ccc2n1. The Balaban J connectivity index is 1.69. The van der Waals surface area contributed by atoms with Crippen LogP contribution in [-0.4, -0.2) is 45.7 Å². The van der Waals surface area contributed by atoms with Crippen LogP contribution < -0.4 is 5.32 Å². The van der Waals surface area contributed by atoms with Gasteiger partial charge >= 0.3 is 0 Å². The average molecular weight is 440 g/mol. The van der Waals surface area contributed by atoms with Crippen molar-refractivity contribution in [3.8, 4) is 11.1 Å². The second-order valence-electron chi connectivity index (χ2n) is 7.00. The second-order valence-corrected chi connectivity index (χ2v) is 7.38. The third kappa shape index (κ3) is 3.10. The predicted molar refractivity (Wildman–Crippen MR) is 111 cm³/mol. The molecule has 0 radical (unpaired) electrons. The van der Waals surface area contributed by atoms with Gasteiger partial charge in [0.05, 0.1) is 22.9 Å². The number of tetrazole rings is 1. The molecule has 12 heteroatoms. The van der Waals surface area contributed by atoms with Crippen LogP contribution in [0.25, 0.3) is 27.7 Å². The first-order chi connectivity index (χ1) is 14.9. The highest BCUT2D eigenvalue weighted by Gasteiger charge is 2.26. The maximum Gasteiger partial charge on any atom is 0.222 e. The minimum atomic E-state index is -0.595. The lowest BCUT2D eigenvalue weighted by Gasteiger charge is -2.16. The van der Waals surface area contributed by atoms with Crippen molar-refractivity contribution >= 4 is 39.9 Å². The number of hydrogen-bond acceptors (Lipinski definition) is 6. The van der Waals surface area contributed by atoms with E-state index in [0.29, 0.717) is 33.5 Å². The summed E-state index contributed by atoms with van der Waals surface area (Å²) < 4.78 is 17.3. The van der Waals surface area contributed by atoms with E-state index in [1.807, 2.05) is 0 Å². The standard InChI is InChI=1S/C19H15ClFN9O/c1-9(30-24-8-23-28-30)15-18(21)17(20)16(12-5-22-27-19(12)15)11-3-4-14-26-13(25-10(2)31)7-29(14)6-11/h3-9H,1-2H3,(H,22,27)(H,25,31). The van der Waals surface area contributed by atoms with Gasteiger partial charge < -0.3 is 9.72 Å². The summed E-state index contributed by atoms with van der Waals surface area (Å²) in [5.41, 5.74) is 2.55. The minimum absolute atomic E-state index is 0.0441. The van der Waals surface area contributed by atoms with Gasteiger partial charge in [-0.3, -0.25) is 9.89 Å². The van der Waals surface area contributed by atoms with E-state index < -0.39 is 11.9 Å². The molecule has 156 valence electrons. The summed E-state index contributed by atoms with van der Waals surface area (Å²) in [5.74, 6) is -0.400. The van der Waals surface area contributed by atoms with Crippen molar-refractivity contribution in [1.29, 1.82) is 0 Å². The maximum atomic E-state index is 15.5. The number of benzene rings is 1. The van der Waals surface area contributed by atoms with Gasteiger partial charge in [0.15, 0.2) is 12.1 Å². The van der Waals surface area contributed by atoms with E-state index in [9.17, 15) is 4.79 Å². The number of carbonyl (C=O) groups is 1. The van der Waals surface area contributed by atoms with Gasteiger partial charge in [0.25, 0.3) is 0 Å². The molecule has 1 unspecified atom stereocenters. The Labute approximate surface area is 179 Å². The molecule has 4 aromatic heterocycles. The van der Waals surface area contributed by atoms with Crippen molar-refractivity contribution in [2.24, 2.45) is 0 Å². The molecule has 0 aliphatic rings. The molecule has 4 heterocycles. The zero-order chi connectivity index (χ0) is 21.7. The lowest BCUT2D eigenvalue weighted by molar-refractivity contribution is -0.114. The molecular formula is C19H15ClFN9O. The van der Waals surface area contributed by atoms with Crippen LogP contribution in [0, 0.1) is 5.82 Å². The molecule has 0 fully saturated rings. The molecule has 10 nitrogen and oxygen atoms in total. The van der Waals surface area contributed by atoms with Crippen LogP contribution in [-0.2, 0) is 4.79 Å². The van der Waals surface area contributed by atoms with Crippen LogP contribution in [0.5, 0.6) is 0 Å². The zero-order valence-corrected chi connectivity index (χ0v) is 17.1. The Hall–Kier alpha value is -3.86. The molecule has 1 atom stereocenters. The third-order valence-corrected chi connectivity index (χ3v) is 5.35. The van der Waals surface area contributed by atoms with Gasteiger partial charge in [-0.25, -0.2) is 9.37 Å². The molecule has 0 saturated heterocycles. The van der Waals surface area contributed by atoms with Crippen molar-refractivity contribution in [3.63, 3.8) is 0 Å². The number of amides is 1. The van der Waals surface area contributed by atoms with Crippen molar-refractivity contribution in [1.82, 2.24) is 39.8 Å². The number of aromatic nitrogens is 8. The van der Waals surface area contributed by atoms with Gasteiger partial charge in [0.2, 0.25) is 5.91 Å². The zero-order valence-electron chi connectivity index (χ0n) is 16.3. The molecule has 5 aromatic rings. The number of H-pyrrole nitrogens is 1. The second kappa shape index (κ2) is 7.13. The number of carbonyl (C=O) groups excluding carboxylic acids is 1. The Morgan fingerprint density at radius 2 is 2.16 bits per heavy atom. The summed E-state index contributed by atoms with van der Waals surface area (Å²) in [6.07, 6.45) is 6.32. The number of halogens is 2. The summed E-state index contributed by atoms with van der Waals surface area (Å²) >= 11 is 6.54. The Bertz CT molecular complexity index is 1440. The molecule has 5 rings (SSSR count). The first kappa shape index (κ1) is 19.1. The topological polar surface area (TPSA) is 119 Å². The highest BCUT2D eigenvalue weighted by molar-refractivity contribution is 6.35. The Kier molecular flexibility index (Phi) is 4.40. The number of rotatable bonds is 4. The number of nitrogens with zero attached hydrogens (tertiary/aromatic N) is 7. The smallest absolute Gasteiger partial charge is 0.222 e. The van der Waals surface area contributed by atoms with Gasteiger partial charge in [0, 0.05) is 35.2 Å². The number of fused-ring (bicyclic) bond motifs is 2. The van der Waals surface area contributed by atoms with Gasteiger partial charge in [-0.1, -0.05) is 11.6 Å². The molecule has 1 amide bonds. The quantitative estimate of drug-likeness (QED) is 0.443. The number of hydrogen-bond donors (Lipinski definition) is 2. The number of anilines is 1. The summed E-state index contributed by atoms with van der Waals surface area (Å²) in [5, 5.41) is 21.8. The lowest BCUT2D eigenvalue weighted by atomic mass is 9.97. The van der Waals surface area contributed by atoms with E-state index in [4.69, 9.17) is 11.6 Å². The van der Waals surface area contributed by atoms with E-state index in [1.165, 1.54) is 18.0 Å². The fraction of sp³-hybridized carbons (Fsp3) is 0.158. The number of pyridine rings is 1. The number of imidazole rings is 1. The van der Waals surface area contributed by atoms with E-state index in [2.05, 4.69) is 35.9 Å². The van der Waals surface area contributed by atoms with Crippen LogP contribution in [0.15, 0.2) is 37.1 Å². The first-order valence-electron chi connectivity index (χ1n) is 9.27. The molecule has 1 aromatic carbocycles. The summed E-state index contributed by atoms with van der Waals surface area (Å²) in [6.45, 7) is 3.16. The molecule has 0 bridgehead atoms. The lowest BCUT2D eigenvalue weighted by Crippen LogP contribution is -2.13. The van der Waals surface area contributed by atoms with E-state index in [0.717, 1.165) is 0 Å². The molecule has 2 N–H and O–H groups in total. The van der Waals surface area contributed by atoms with Gasteiger partial charge in [-0.2, -0.15) is 9.90 Å². The average Bonchev–Trinajstić information content (AvgIpc) is 3.48. The Morgan fingerprint density at radius 1 is 1.32 bits per heavy atom.